The lowest BCUT2D eigenvalue weighted by Gasteiger charge is -2.21. The Balaban J connectivity index is 3.39. The van der Waals surface area contributed by atoms with Crippen molar-refractivity contribution in [1.29, 1.82) is 0 Å². The summed E-state index contributed by atoms with van der Waals surface area (Å²) in [6.07, 6.45) is 3.36. The molecule has 0 radical (unpaired) electrons. The van der Waals surface area contributed by atoms with Gasteiger partial charge in [-0.25, -0.2) is 4.79 Å². The van der Waals surface area contributed by atoms with Gasteiger partial charge in [-0.1, -0.05) is 11.6 Å². The molecule has 1 amide bonds. The van der Waals surface area contributed by atoms with Crippen molar-refractivity contribution in [3.05, 3.63) is 38.7 Å². The molecule has 0 fully saturated rings. The Morgan fingerprint density at radius 3 is 2.48 bits per heavy atom. The predicted octanol–water partition coefficient (Wildman–Crippen LogP) is 1.01. The molecule has 0 bridgehead atoms. The Labute approximate surface area is 128 Å². The third kappa shape index (κ3) is 4.07. The summed E-state index contributed by atoms with van der Waals surface area (Å²) in [6, 6.07) is 0. The number of alkyl halides is 1. The van der Waals surface area contributed by atoms with Crippen molar-refractivity contribution in [2.75, 3.05) is 17.3 Å². The quantitative estimate of drug-likeness (QED) is 0.602. The summed E-state index contributed by atoms with van der Waals surface area (Å²) in [4.78, 5) is 37.5. The first kappa shape index (κ1) is 17.2. The van der Waals surface area contributed by atoms with Gasteiger partial charge < -0.3 is 9.47 Å². The Hall–Kier alpha value is -1.82. The topological polar surface area (TPSA) is 64.3 Å². The molecule has 21 heavy (non-hydrogen) atoms. The molecule has 0 unspecified atom stereocenters. The number of anilines is 1. The highest BCUT2D eigenvalue weighted by Crippen LogP contribution is 2.09. The standard InChI is InChI=1S/C14H20ClN3O3/c1-10(2)6-8-18(12(19)5-7-15)11-9-16(3)14(21)17(4)13(11)20/h6,9H,5,7-8H2,1-4H3. The van der Waals surface area contributed by atoms with Crippen LogP contribution in [0, 0.1) is 0 Å². The molecular formula is C14H20ClN3O3. The molecule has 0 saturated carbocycles. The molecule has 0 aromatic carbocycles. The SMILES string of the molecule is CC(C)=CCN(C(=O)CCCl)c1cn(C)c(=O)n(C)c1=O. The lowest BCUT2D eigenvalue weighted by atomic mass is 10.2. The minimum Gasteiger partial charge on any atom is -0.302 e. The van der Waals surface area contributed by atoms with Crippen LogP contribution >= 0.6 is 11.6 Å². The minimum absolute atomic E-state index is 0.129. The second-order valence-electron chi connectivity index (χ2n) is 5.00. The van der Waals surface area contributed by atoms with Gasteiger partial charge in [0.1, 0.15) is 5.69 Å². The zero-order chi connectivity index (χ0) is 16.2. The summed E-state index contributed by atoms with van der Waals surface area (Å²) in [5.41, 5.74) is 0.270. The van der Waals surface area contributed by atoms with Gasteiger partial charge in [0.15, 0.2) is 0 Å². The molecule has 0 aliphatic rings. The van der Waals surface area contributed by atoms with Crippen molar-refractivity contribution in [2.45, 2.75) is 20.3 Å². The van der Waals surface area contributed by atoms with Crippen LogP contribution < -0.4 is 16.1 Å². The lowest BCUT2D eigenvalue weighted by Crippen LogP contribution is -2.43. The zero-order valence-electron chi connectivity index (χ0n) is 12.7. The Kier molecular flexibility index (Phi) is 5.96. The number of halogens is 1. The van der Waals surface area contributed by atoms with E-state index in [1.54, 1.807) is 0 Å². The molecule has 116 valence electrons. The van der Waals surface area contributed by atoms with Gasteiger partial charge in [-0.05, 0) is 13.8 Å². The van der Waals surface area contributed by atoms with E-state index in [4.69, 9.17) is 11.6 Å². The molecule has 7 heteroatoms. The maximum atomic E-state index is 12.2. The Morgan fingerprint density at radius 1 is 1.33 bits per heavy atom. The van der Waals surface area contributed by atoms with E-state index >= 15 is 0 Å². The second kappa shape index (κ2) is 7.26. The van der Waals surface area contributed by atoms with Crippen LogP contribution in [0.2, 0.25) is 0 Å². The lowest BCUT2D eigenvalue weighted by molar-refractivity contribution is -0.118. The van der Waals surface area contributed by atoms with Gasteiger partial charge in [-0.3, -0.25) is 14.2 Å². The average Bonchev–Trinajstić information content (AvgIpc) is 2.42. The third-order valence-electron chi connectivity index (χ3n) is 3.01. The Bertz CT molecular complexity index is 669. The van der Waals surface area contributed by atoms with Crippen LogP contribution in [-0.2, 0) is 18.9 Å². The highest BCUT2D eigenvalue weighted by Gasteiger charge is 2.19. The van der Waals surface area contributed by atoms with Crippen LogP contribution in [0.1, 0.15) is 20.3 Å². The smallest absolute Gasteiger partial charge is 0.302 e. The van der Waals surface area contributed by atoms with Crippen molar-refractivity contribution in [3.8, 4) is 0 Å². The summed E-state index contributed by atoms with van der Waals surface area (Å²) in [6.45, 7) is 4.08. The average molecular weight is 314 g/mol. The summed E-state index contributed by atoms with van der Waals surface area (Å²) in [5.74, 6) is -0.0748. The van der Waals surface area contributed by atoms with Gasteiger partial charge >= 0.3 is 5.69 Å². The largest absolute Gasteiger partial charge is 0.330 e. The first-order valence-corrected chi connectivity index (χ1v) is 7.09. The van der Waals surface area contributed by atoms with E-state index in [0.29, 0.717) is 0 Å². The van der Waals surface area contributed by atoms with E-state index in [1.807, 2.05) is 19.9 Å². The summed E-state index contributed by atoms with van der Waals surface area (Å²) < 4.78 is 2.26. The summed E-state index contributed by atoms with van der Waals surface area (Å²) in [5, 5.41) is 0. The maximum absolute atomic E-state index is 12.2. The molecule has 0 aliphatic carbocycles. The molecule has 1 aromatic rings. The monoisotopic (exact) mass is 313 g/mol. The number of hydrogen-bond donors (Lipinski definition) is 0. The van der Waals surface area contributed by atoms with Crippen molar-refractivity contribution in [2.24, 2.45) is 14.1 Å². The minimum atomic E-state index is -0.497. The van der Waals surface area contributed by atoms with E-state index in [9.17, 15) is 14.4 Å². The first-order chi connectivity index (χ1) is 9.79. The van der Waals surface area contributed by atoms with Gasteiger partial charge in [0.25, 0.3) is 5.56 Å². The maximum Gasteiger partial charge on any atom is 0.330 e. The first-order valence-electron chi connectivity index (χ1n) is 6.56. The number of hydrogen-bond acceptors (Lipinski definition) is 3. The number of carbonyl (C=O) groups excluding carboxylic acids is 1. The van der Waals surface area contributed by atoms with Crippen molar-refractivity contribution >= 4 is 23.2 Å². The molecule has 1 rings (SSSR count). The van der Waals surface area contributed by atoms with Crippen LogP contribution in [0.25, 0.3) is 0 Å². The predicted molar refractivity (Wildman–Crippen MR) is 84.0 cm³/mol. The van der Waals surface area contributed by atoms with Crippen LogP contribution in [0.15, 0.2) is 27.4 Å². The molecule has 1 heterocycles. The third-order valence-corrected chi connectivity index (χ3v) is 3.20. The van der Waals surface area contributed by atoms with Gasteiger partial charge in [-0.2, -0.15) is 0 Å². The van der Waals surface area contributed by atoms with Gasteiger partial charge in [0.05, 0.1) is 0 Å². The molecule has 0 N–H and O–H groups in total. The Morgan fingerprint density at radius 2 is 1.95 bits per heavy atom. The second-order valence-corrected chi connectivity index (χ2v) is 5.37. The van der Waals surface area contributed by atoms with Crippen molar-refractivity contribution < 1.29 is 4.79 Å². The van der Waals surface area contributed by atoms with E-state index in [0.717, 1.165) is 10.1 Å². The van der Waals surface area contributed by atoms with Crippen LogP contribution in [0.4, 0.5) is 5.69 Å². The highest BCUT2D eigenvalue weighted by molar-refractivity contribution is 6.19. The van der Waals surface area contributed by atoms with E-state index in [1.165, 1.54) is 29.8 Å². The van der Waals surface area contributed by atoms with Crippen molar-refractivity contribution in [1.82, 2.24) is 9.13 Å². The van der Waals surface area contributed by atoms with Crippen LogP contribution in [0.5, 0.6) is 0 Å². The molecule has 6 nitrogen and oxygen atoms in total. The van der Waals surface area contributed by atoms with E-state index in [-0.39, 0.29) is 30.4 Å². The van der Waals surface area contributed by atoms with Gasteiger partial charge in [0, 0.05) is 39.1 Å². The van der Waals surface area contributed by atoms with E-state index in [2.05, 4.69) is 0 Å². The fourth-order valence-electron chi connectivity index (χ4n) is 1.80. The number of allylic oxidation sites excluding steroid dienone is 1. The highest BCUT2D eigenvalue weighted by atomic mass is 35.5. The van der Waals surface area contributed by atoms with Crippen LogP contribution in [0.3, 0.4) is 0 Å². The summed E-state index contributed by atoms with van der Waals surface area (Å²) >= 11 is 5.62. The number of rotatable bonds is 5. The number of aromatic nitrogens is 2. The fourth-order valence-corrected chi connectivity index (χ4v) is 1.96. The molecule has 0 aliphatic heterocycles. The molecular weight excluding hydrogens is 294 g/mol. The summed E-state index contributed by atoms with van der Waals surface area (Å²) in [7, 11) is 2.93. The fraction of sp³-hybridized carbons (Fsp3) is 0.500. The molecule has 0 atom stereocenters. The normalized spacial score (nSPS) is 10.3. The zero-order valence-corrected chi connectivity index (χ0v) is 13.5. The number of aryl methyl sites for hydroxylation is 1. The van der Waals surface area contributed by atoms with Crippen molar-refractivity contribution in [3.63, 3.8) is 0 Å². The van der Waals surface area contributed by atoms with Gasteiger partial charge in [0.2, 0.25) is 5.91 Å². The molecule has 1 aromatic heterocycles. The van der Waals surface area contributed by atoms with E-state index < -0.39 is 11.2 Å². The van der Waals surface area contributed by atoms with Crippen LogP contribution in [-0.4, -0.2) is 27.5 Å². The molecule has 0 spiro atoms. The molecule has 0 saturated heterocycles. The van der Waals surface area contributed by atoms with Gasteiger partial charge in [-0.15, -0.1) is 11.6 Å². The number of nitrogens with zero attached hydrogens (tertiary/aromatic N) is 3. The number of carbonyl (C=O) groups is 1. The number of amides is 1.